The summed E-state index contributed by atoms with van der Waals surface area (Å²) < 4.78 is 11.5. The first-order valence-corrected chi connectivity index (χ1v) is 8.58. The largest absolute Gasteiger partial charge is 0.490 e. The van der Waals surface area contributed by atoms with Gasteiger partial charge >= 0.3 is 0 Å². The lowest BCUT2D eigenvalue weighted by Crippen LogP contribution is -2.23. The Morgan fingerprint density at radius 3 is 2.68 bits per heavy atom. The zero-order chi connectivity index (χ0) is 18.2. The molecule has 25 heavy (non-hydrogen) atoms. The topological polar surface area (TPSA) is 68.9 Å². The molecule has 0 bridgehead atoms. The Kier molecular flexibility index (Phi) is 7.31. The van der Waals surface area contributed by atoms with E-state index < -0.39 is 0 Å². The van der Waals surface area contributed by atoms with Crippen LogP contribution in [0, 0.1) is 0 Å². The van der Waals surface area contributed by atoms with Gasteiger partial charge in [0.25, 0.3) is 0 Å². The van der Waals surface area contributed by atoms with Crippen LogP contribution in [-0.2, 0) is 6.61 Å². The van der Waals surface area contributed by atoms with Gasteiger partial charge in [0.2, 0.25) is 0 Å². The summed E-state index contributed by atoms with van der Waals surface area (Å²) in [5.74, 6) is 0.960. The Labute approximate surface area is 161 Å². The minimum Gasteiger partial charge on any atom is -0.490 e. The number of nitrogens with two attached hydrogens (primary N) is 1. The van der Waals surface area contributed by atoms with E-state index in [1.54, 1.807) is 18.2 Å². The second kappa shape index (κ2) is 9.46. The normalized spacial score (nSPS) is 10.7. The number of hydrogen-bond donors (Lipinski definition) is 2. The summed E-state index contributed by atoms with van der Waals surface area (Å²) in [4.78, 5) is 0. The Hall–Kier alpha value is -2.02. The number of hydrogen-bond acceptors (Lipinski definition) is 4. The average Bonchev–Trinajstić information content (AvgIpc) is 2.55. The van der Waals surface area contributed by atoms with Gasteiger partial charge in [0.15, 0.2) is 16.6 Å². The van der Waals surface area contributed by atoms with Crippen molar-refractivity contribution in [2.75, 3.05) is 6.61 Å². The summed E-state index contributed by atoms with van der Waals surface area (Å²) in [6.45, 7) is 2.61. The lowest BCUT2D eigenvalue weighted by molar-refractivity contribution is 0.269. The Balaban J connectivity index is 2.23. The molecule has 2 aromatic carbocycles. The van der Waals surface area contributed by atoms with Gasteiger partial charge in [-0.25, -0.2) is 0 Å². The predicted molar refractivity (Wildman–Crippen MR) is 106 cm³/mol. The monoisotopic (exact) mass is 397 g/mol. The molecule has 0 aliphatic carbocycles. The molecule has 3 N–H and O–H groups in total. The second-order valence-electron chi connectivity index (χ2n) is 4.88. The lowest BCUT2D eigenvalue weighted by Gasteiger charge is -2.15. The summed E-state index contributed by atoms with van der Waals surface area (Å²) in [5.41, 5.74) is 9.37. The summed E-state index contributed by atoms with van der Waals surface area (Å²) in [6.07, 6.45) is 1.53. The number of rotatable bonds is 7. The highest BCUT2D eigenvalue weighted by Crippen LogP contribution is 2.37. The number of ether oxygens (including phenoxy) is 2. The van der Waals surface area contributed by atoms with Crippen molar-refractivity contribution in [3.05, 3.63) is 57.6 Å². The molecule has 0 aliphatic rings. The van der Waals surface area contributed by atoms with E-state index in [1.165, 1.54) is 6.21 Å². The molecule has 8 heteroatoms. The molecule has 0 saturated heterocycles. The van der Waals surface area contributed by atoms with E-state index >= 15 is 0 Å². The third kappa shape index (κ3) is 5.77. The fraction of sp³-hybridized carbons (Fsp3) is 0.176. The Morgan fingerprint density at radius 2 is 2.00 bits per heavy atom. The van der Waals surface area contributed by atoms with Gasteiger partial charge in [-0.1, -0.05) is 41.4 Å². The molecule has 0 fully saturated rings. The summed E-state index contributed by atoms with van der Waals surface area (Å²) in [6, 6.07) is 10.9. The van der Waals surface area contributed by atoms with Gasteiger partial charge in [-0.3, -0.25) is 5.43 Å². The van der Waals surface area contributed by atoms with Gasteiger partial charge in [0, 0.05) is 10.6 Å². The van der Waals surface area contributed by atoms with Crippen LogP contribution in [-0.4, -0.2) is 17.9 Å². The molecule has 0 amide bonds. The second-order valence-corrected chi connectivity index (χ2v) is 6.13. The first-order valence-electron chi connectivity index (χ1n) is 7.42. The maximum absolute atomic E-state index is 6.35. The lowest BCUT2D eigenvalue weighted by atomic mass is 10.2. The van der Waals surface area contributed by atoms with Gasteiger partial charge in [-0.2, -0.15) is 5.10 Å². The van der Waals surface area contributed by atoms with Crippen molar-refractivity contribution < 1.29 is 9.47 Å². The third-order valence-electron chi connectivity index (χ3n) is 3.05. The molecule has 0 saturated carbocycles. The van der Waals surface area contributed by atoms with Crippen LogP contribution in [0.5, 0.6) is 11.5 Å². The molecule has 0 heterocycles. The van der Waals surface area contributed by atoms with Gasteiger partial charge in [-0.05, 0) is 42.9 Å². The number of benzene rings is 2. The highest BCUT2D eigenvalue weighted by atomic mass is 35.5. The molecular weight excluding hydrogens is 381 g/mol. The molecule has 0 spiro atoms. The smallest absolute Gasteiger partial charge is 0.184 e. The zero-order valence-corrected chi connectivity index (χ0v) is 15.8. The predicted octanol–water partition coefficient (Wildman–Crippen LogP) is 4.14. The number of thiocarbonyl (C=S) groups is 1. The first kappa shape index (κ1) is 19.3. The number of halogens is 2. The minimum absolute atomic E-state index is 0.0760. The van der Waals surface area contributed by atoms with E-state index in [0.717, 1.165) is 5.56 Å². The fourth-order valence-electron chi connectivity index (χ4n) is 2.00. The third-order valence-corrected chi connectivity index (χ3v) is 3.79. The van der Waals surface area contributed by atoms with E-state index in [1.807, 2.05) is 25.1 Å². The maximum atomic E-state index is 6.35. The van der Waals surface area contributed by atoms with Gasteiger partial charge < -0.3 is 15.2 Å². The molecule has 0 atom stereocenters. The molecule has 0 unspecified atom stereocenters. The molecular formula is C17H17Cl2N3O2S. The summed E-state index contributed by atoms with van der Waals surface area (Å²) in [5, 5.41) is 5.01. The van der Waals surface area contributed by atoms with Crippen LogP contribution in [0.1, 0.15) is 18.1 Å². The van der Waals surface area contributed by atoms with E-state index in [2.05, 4.69) is 22.7 Å². The van der Waals surface area contributed by atoms with Crippen LogP contribution in [0.3, 0.4) is 0 Å². The van der Waals surface area contributed by atoms with Crippen molar-refractivity contribution in [2.45, 2.75) is 13.5 Å². The zero-order valence-electron chi connectivity index (χ0n) is 13.5. The van der Waals surface area contributed by atoms with Crippen molar-refractivity contribution in [2.24, 2.45) is 10.8 Å². The van der Waals surface area contributed by atoms with E-state index in [4.69, 9.17) is 38.4 Å². The molecule has 0 aromatic heterocycles. The van der Waals surface area contributed by atoms with E-state index in [0.29, 0.717) is 33.7 Å². The fourth-order valence-corrected chi connectivity index (χ4v) is 2.52. The van der Waals surface area contributed by atoms with Crippen LogP contribution < -0.4 is 20.6 Å². The molecule has 0 radical (unpaired) electrons. The van der Waals surface area contributed by atoms with Gasteiger partial charge in [-0.15, -0.1) is 0 Å². The standard InChI is InChI=1S/C17H17Cl2N3O2S/c1-2-23-15-8-11(9-21-22-17(20)25)7-14(19)16(15)24-10-12-5-3-4-6-13(12)18/h3-9H,2,10H2,1H3,(H3,20,22,25)/b21-9+. The van der Waals surface area contributed by atoms with E-state index in [-0.39, 0.29) is 11.7 Å². The quantitative estimate of drug-likeness (QED) is 0.417. The van der Waals surface area contributed by atoms with Gasteiger partial charge in [0.1, 0.15) is 6.61 Å². The maximum Gasteiger partial charge on any atom is 0.184 e. The van der Waals surface area contributed by atoms with Crippen LogP contribution in [0.25, 0.3) is 0 Å². The summed E-state index contributed by atoms with van der Waals surface area (Å²) >= 11 is 17.2. The van der Waals surface area contributed by atoms with Crippen LogP contribution in [0.2, 0.25) is 10.0 Å². The SMILES string of the molecule is CCOc1cc(/C=N/NC(N)=S)cc(Cl)c1OCc1ccccc1Cl. The molecule has 2 rings (SSSR count). The van der Waals surface area contributed by atoms with Crippen molar-refractivity contribution in [1.29, 1.82) is 0 Å². The van der Waals surface area contributed by atoms with Crippen LogP contribution in [0.4, 0.5) is 0 Å². The van der Waals surface area contributed by atoms with Crippen LogP contribution >= 0.6 is 35.4 Å². The highest BCUT2D eigenvalue weighted by molar-refractivity contribution is 7.80. The van der Waals surface area contributed by atoms with Crippen molar-refractivity contribution in [3.8, 4) is 11.5 Å². The van der Waals surface area contributed by atoms with Crippen molar-refractivity contribution in [1.82, 2.24) is 5.43 Å². The van der Waals surface area contributed by atoms with Gasteiger partial charge in [0.05, 0.1) is 17.8 Å². The van der Waals surface area contributed by atoms with E-state index in [9.17, 15) is 0 Å². The number of hydrazone groups is 1. The number of nitrogens with one attached hydrogen (secondary N) is 1. The average molecular weight is 398 g/mol. The molecule has 2 aromatic rings. The van der Waals surface area contributed by atoms with Crippen molar-refractivity contribution >= 4 is 46.7 Å². The molecule has 132 valence electrons. The number of nitrogens with zero attached hydrogens (tertiary/aromatic N) is 1. The summed E-state index contributed by atoms with van der Waals surface area (Å²) in [7, 11) is 0. The molecule has 5 nitrogen and oxygen atoms in total. The first-order chi connectivity index (χ1) is 12.0. The minimum atomic E-state index is 0.0760. The molecule has 0 aliphatic heterocycles. The Morgan fingerprint density at radius 1 is 1.24 bits per heavy atom. The highest BCUT2D eigenvalue weighted by Gasteiger charge is 2.13. The van der Waals surface area contributed by atoms with Crippen molar-refractivity contribution in [3.63, 3.8) is 0 Å². The Bertz CT molecular complexity index is 784. The van der Waals surface area contributed by atoms with Crippen LogP contribution in [0.15, 0.2) is 41.5 Å².